The lowest BCUT2D eigenvalue weighted by Gasteiger charge is -2.34. The molecule has 0 spiro atoms. The highest BCUT2D eigenvalue weighted by molar-refractivity contribution is 5.74. The van der Waals surface area contributed by atoms with Crippen LogP contribution in [0.3, 0.4) is 0 Å². The zero-order chi connectivity index (χ0) is 12.8. The van der Waals surface area contributed by atoms with Crippen molar-refractivity contribution in [3.05, 3.63) is 0 Å². The van der Waals surface area contributed by atoms with Crippen LogP contribution in [0.2, 0.25) is 0 Å². The number of carbonyl (C=O) groups excluding carboxylic acids is 1. The molecule has 0 bridgehead atoms. The Morgan fingerprint density at radius 1 is 1.18 bits per heavy atom. The second-order valence-corrected chi connectivity index (χ2v) is 5.72. The quantitative estimate of drug-likeness (QED) is 0.778. The van der Waals surface area contributed by atoms with Crippen LogP contribution in [-0.4, -0.2) is 18.6 Å². The average Bonchev–Trinajstić information content (AvgIpc) is 2.29. The fourth-order valence-corrected chi connectivity index (χ4v) is 2.73. The standard InChI is InChI=1S/C14H28N2O/c1-5-15-14(17)16-13-8-6-12(7-9-13)11(4)10(2)3/h10-13H,5-9H2,1-4H3,(H2,15,16,17). The Morgan fingerprint density at radius 3 is 2.24 bits per heavy atom. The summed E-state index contributed by atoms with van der Waals surface area (Å²) in [6.45, 7) is 9.63. The minimum atomic E-state index is -0.00661. The molecule has 0 aromatic rings. The number of nitrogens with one attached hydrogen (secondary N) is 2. The predicted octanol–water partition coefficient (Wildman–Crippen LogP) is 3.16. The number of carbonyl (C=O) groups is 1. The fourth-order valence-electron chi connectivity index (χ4n) is 2.73. The van der Waals surface area contributed by atoms with Crippen LogP contribution in [0.1, 0.15) is 53.4 Å². The van der Waals surface area contributed by atoms with Gasteiger partial charge in [0.2, 0.25) is 0 Å². The molecule has 2 N–H and O–H groups in total. The molecule has 0 heterocycles. The number of hydrogen-bond acceptors (Lipinski definition) is 1. The molecule has 1 rings (SSSR count). The molecule has 0 radical (unpaired) electrons. The molecule has 0 aliphatic heterocycles. The Hall–Kier alpha value is -0.730. The molecule has 1 atom stereocenters. The van der Waals surface area contributed by atoms with E-state index >= 15 is 0 Å². The van der Waals surface area contributed by atoms with Gasteiger partial charge >= 0.3 is 6.03 Å². The molecular weight excluding hydrogens is 212 g/mol. The Morgan fingerprint density at radius 2 is 1.76 bits per heavy atom. The maximum atomic E-state index is 11.4. The first-order valence-electron chi connectivity index (χ1n) is 7.09. The Balaban J connectivity index is 2.28. The van der Waals surface area contributed by atoms with Gasteiger partial charge in [0.1, 0.15) is 0 Å². The zero-order valence-corrected chi connectivity index (χ0v) is 11.8. The molecule has 100 valence electrons. The van der Waals surface area contributed by atoms with Crippen molar-refractivity contribution in [2.45, 2.75) is 59.4 Å². The summed E-state index contributed by atoms with van der Waals surface area (Å²) in [7, 11) is 0. The van der Waals surface area contributed by atoms with Gasteiger partial charge in [0.05, 0.1) is 0 Å². The summed E-state index contributed by atoms with van der Waals surface area (Å²) in [5, 5.41) is 5.85. The van der Waals surface area contributed by atoms with Gasteiger partial charge in [0, 0.05) is 12.6 Å². The molecule has 1 aliphatic carbocycles. The van der Waals surface area contributed by atoms with Crippen LogP contribution in [0.15, 0.2) is 0 Å². The number of urea groups is 1. The number of hydrogen-bond donors (Lipinski definition) is 2. The fraction of sp³-hybridized carbons (Fsp3) is 0.929. The SMILES string of the molecule is CCNC(=O)NC1CCC(C(C)C(C)C)CC1. The van der Waals surface area contributed by atoms with Crippen molar-refractivity contribution in [3.8, 4) is 0 Å². The van der Waals surface area contributed by atoms with Crippen molar-refractivity contribution in [3.63, 3.8) is 0 Å². The van der Waals surface area contributed by atoms with E-state index in [1.165, 1.54) is 12.8 Å². The molecule has 1 fully saturated rings. The molecule has 2 amide bonds. The van der Waals surface area contributed by atoms with Crippen molar-refractivity contribution >= 4 is 6.03 Å². The van der Waals surface area contributed by atoms with Crippen molar-refractivity contribution in [2.75, 3.05) is 6.54 Å². The lowest BCUT2D eigenvalue weighted by molar-refractivity contribution is 0.187. The topological polar surface area (TPSA) is 41.1 Å². The van der Waals surface area contributed by atoms with Gasteiger partial charge in [-0.3, -0.25) is 0 Å². The predicted molar refractivity (Wildman–Crippen MR) is 72.0 cm³/mol. The van der Waals surface area contributed by atoms with Gasteiger partial charge in [-0.15, -0.1) is 0 Å². The Bertz CT molecular complexity index is 232. The lowest BCUT2D eigenvalue weighted by Crippen LogP contribution is -2.44. The molecule has 1 aliphatic rings. The number of rotatable bonds is 4. The van der Waals surface area contributed by atoms with Crippen LogP contribution in [0, 0.1) is 17.8 Å². The van der Waals surface area contributed by atoms with Gasteiger partial charge in [-0.2, -0.15) is 0 Å². The molecule has 0 aromatic carbocycles. The summed E-state index contributed by atoms with van der Waals surface area (Å²) in [4.78, 5) is 11.4. The second-order valence-electron chi connectivity index (χ2n) is 5.72. The highest BCUT2D eigenvalue weighted by Crippen LogP contribution is 2.33. The molecule has 0 saturated heterocycles. The second kappa shape index (κ2) is 6.87. The first-order chi connectivity index (χ1) is 8.04. The normalized spacial score (nSPS) is 26.6. The molecular formula is C14H28N2O. The van der Waals surface area contributed by atoms with E-state index in [0.29, 0.717) is 12.6 Å². The lowest BCUT2D eigenvalue weighted by atomic mass is 9.75. The minimum Gasteiger partial charge on any atom is -0.338 e. The minimum absolute atomic E-state index is 0.00661. The van der Waals surface area contributed by atoms with Gasteiger partial charge in [-0.05, 0) is 50.4 Å². The third kappa shape index (κ3) is 4.57. The summed E-state index contributed by atoms with van der Waals surface area (Å²) in [5.41, 5.74) is 0. The first kappa shape index (κ1) is 14.3. The van der Waals surface area contributed by atoms with Crippen LogP contribution in [-0.2, 0) is 0 Å². The van der Waals surface area contributed by atoms with E-state index in [9.17, 15) is 4.79 Å². The Labute approximate surface area is 106 Å². The molecule has 17 heavy (non-hydrogen) atoms. The largest absolute Gasteiger partial charge is 0.338 e. The van der Waals surface area contributed by atoms with E-state index in [4.69, 9.17) is 0 Å². The van der Waals surface area contributed by atoms with E-state index < -0.39 is 0 Å². The molecule has 3 nitrogen and oxygen atoms in total. The van der Waals surface area contributed by atoms with E-state index in [2.05, 4.69) is 31.4 Å². The number of amides is 2. The van der Waals surface area contributed by atoms with Gasteiger partial charge in [0.15, 0.2) is 0 Å². The maximum absolute atomic E-state index is 11.4. The van der Waals surface area contributed by atoms with Crippen LogP contribution < -0.4 is 10.6 Å². The summed E-state index contributed by atoms with van der Waals surface area (Å²) < 4.78 is 0. The summed E-state index contributed by atoms with van der Waals surface area (Å²) >= 11 is 0. The first-order valence-corrected chi connectivity index (χ1v) is 7.09. The molecule has 0 aromatic heterocycles. The molecule has 1 saturated carbocycles. The zero-order valence-electron chi connectivity index (χ0n) is 11.8. The van der Waals surface area contributed by atoms with Gasteiger partial charge in [0.25, 0.3) is 0 Å². The maximum Gasteiger partial charge on any atom is 0.314 e. The van der Waals surface area contributed by atoms with Crippen molar-refractivity contribution in [2.24, 2.45) is 17.8 Å². The van der Waals surface area contributed by atoms with E-state index in [1.54, 1.807) is 0 Å². The third-order valence-corrected chi connectivity index (χ3v) is 4.24. The van der Waals surface area contributed by atoms with E-state index in [-0.39, 0.29) is 6.03 Å². The van der Waals surface area contributed by atoms with Crippen LogP contribution in [0.25, 0.3) is 0 Å². The van der Waals surface area contributed by atoms with Gasteiger partial charge in [-0.25, -0.2) is 4.79 Å². The summed E-state index contributed by atoms with van der Waals surface area (Å²) in [6, 6.07) is 0.380. The van der Waals surface area contributed by atoms with Crippen LogP contribution in [0.5, 0.6) is 0 Å². The van der Waals surface area contributed by atoms with Gasteiger partial charge in [-0.1, -0.05) is 20.8 Å². The van der Waals surface area contributed by atoms with Crippen molar-refractivity contribution in [1.82, 2.24) is 10.6 Å². The Kier molecular flexibility index (Phi) is 5.79. The van der Waals surface area contributed by atoms with Gasteiger partial charge < -0.3 is 10.6 Å². The van der Waals surface area contributed by atoms with Crippen LogP contribution in [0.4, 0.5) is 4.79 Å². The smallest absolute Gasteiger partial charge is 0.314 e. The average molecular weight is 240 g/mol. The summed E-state index contributed by atoms with van der Waals surface area (Å²) in [5.74, 6) is 2.43. The van der Waals surface area contributed by atoms with E-state index in [1.807, 2.05) is 6.92 Å². The summed E-state index contributed by atoms with van der Waals surface area (Å²) in [6.07, 6.45) is 4.80. The highest BCUT2D eigenvalue weighted by atomic mass is 16.2. The molecule has 1 unspecified atom stereocenters. The van der Waals surface area contributed by atoms with Crippen molar-refractivity contribution < 1.29 is 4.79 Å². The van der Waals surface area contributed by atoms with E-state index in [0.717, 1.165) is 30.6 Å². The monoisotopic (exact) mass is 240 g/mol. The highest BCUT2D eigenvalue weighted by Gasteiger charge is 2.27. The van der Waals surface area contributed by atoms with Crippen LogP contribution >= 0.6 is 0 Å². The van der Waals surface area contributed by atoms with Crippen molar-refractivity contribution in [1.29, 1.82) is 0 Å². The molecule has 3 heteroatoms. The third-order valence-electron chi connectivity index (χ3n) is 4.24.